The third-order valence-corrected chi connectivity index (χ3v) is 5.63. The minimum absolute atomic E-state index is 0.0655. The van der Waals surface area contributed by atoms with Crippen molar-refractivity contribution < 1.29 is 19.4 Å². The zero-order valence-corrected chi connectivity index (χ0v) is 18.7. The molecule has 0 radical (unpaired) electrons. The Bertz CT molecular complexity index is 1060. The lowest BCUT2D eigenvalue weighted by Gasteiger charge is -2.08. The minimum Gasteiger partial charge on any atom is -0.506 e. The number of thiazole rings is 1. The maximum Gasteiger partial charge on any atom is 0.342 e. The van der Waals surface area contributed by atoms with Crippen molar-refractivity contribution >= 4 is 71.8 Å². The standard InChI is InChI=1S/C18H11Br2ClN2O4S/c19-9-5-11(16(25)12(20)6-9)17(26)27-7-15(24)23-18-22-14(8-28-18)10-3-1-2-4-13(10)21/h1-6,8,25H,7H2,(H,22,23,24). The van der Waals surface area contributed by atoms with Gasteiger partial charge in [-0.2, -0.15) is 0 Å². The molecule has 1 heterocycles. The van der Waals surface area contributed by atoms with Crippen LogP contribution >= 0.6 is 54.8 Å². The Morgan fingerprint density at radius 3 is 2.75 bits per heavy atom. The number of rotatable bonds is 5. The average molecular weight is 547 g/mol. The number of carbonyl (C=O) groups is 2. The van der Waals surface area contributed by atoms with Crippen molar-refractivity contribution in [2.24, 2.45) is 0 Å². The van der Waals surface area contributed by atoms with Crippen LogP contribution in [0.3, 0.4) is 0 Å². The predicted molar refractivity (Wildman–Crippen MR) is 115 cm³/mol. The summed E-state index contributed by atoms with van der Waals surface area (Å²) in [7, 11) is 0. The third kappa shape index (κ3) is 4.91. The number of carbonyl (C=O) groups excluding carboxylic acids is 2. The number of benzene rings is 2. The first kappa shape index (κ1) is 20.8. The van der Waals surface area contributed by atoms with Gasteiger partial charge in [0.25, 0.3) is 5.91 Å². The fraction of sp³-hybridized carbons (Fsp3) is 0.0556. The third-order valence-electron chi connectivity index (χ3n) is 3.48. The molecule has 0 aliphatic carbocycles. The van der Waals surface area contributed by atoms with Gasteiger partial charge >= 0.3 is 5.97 Å². The molecular weight excluding hydrogens is 536 g/mol. The number of esters is 1. The molecule has 0 bridgehead atoms. The number of hydrogen-bond acceptors (Lipinski definition) is 6. The van der Waals surface area contributed by atoms with E-state index in [4.69, 9.17) is 16.3 Å². The van der Waals surface area contributed by atoms with Gasteiger partial charge in [-0.15, -0.1) is 11.3 Å². The van der Waals surface area contributed by atoms with Crippen molar-refractivity contribution in [3.05, 3.63) is 61.3 Å². The molecule has 0 saturated carbocycles. The Morgan fingerprint density at radius 1 is 1.25 bits per heavy atom. The lowest BCUT2D eigenvalue weighted by Crippen LogP contribution is -2.21. The second-order valence-corrected chi connectivity index (χ2v) is 8.46. The predicted octanol–water partition coefficient (Wildman–Crippen LogP) is 5.49. The SMILES string of the molecule is O=C(COC(=O)c1cc(Br)cc(Br)c1O)Nc1nc(-c2ccccc2Cl)cs1. The number of amides is 1. The quantitative estimate of drug-likeness (QED) is 0.413. The van der Waals surface area contributed by atoms with E-state index in [1.807, 2.05) is 18.2 Å². The summed E-state index contributed by atoms with van der Waals surface area (Å²) in [5.41, 5.74) is 1.32. The van der Waals surface area contributed by atoms with E-state index >= 15 is 0 Å². The van der Waals surface area contributed by atoms with Gasteiger partial charge in [0.05, 0.1) is 10.2 Å². The molecule has 3 rings (SSSR count). The number of nitrogens with one attached hydrogen (secondary N) is 1. The summed E-state index contributed by atoms with van der Waals surface area (Å²) in [5.74, 6) is -1.65. The highest BCUT2D eigenvalue weighted by molar-refractivity contribution is 9.11. The maximum atomic E-state index is 12.1. The number of ether oxygens (including phenoxy) is 1. The molecule has 0 unspecified atom stereocenters. The van der Waals surface area contributed by atoms with E-state index < -0.39 is 18.5 Å². The van der Waals surface area contributed by atoms with Crippen molar-refractivity contribution in [1.29, 1.82) is 0 Å². The average Bonchev–Trinajstić information content (AvgIpc) is 3.11. The van der Waals surface area contributed by atoms with Gasteiger partial charge in [0.2, 0.25) is 0 Å². The summed E-state index contributed by atoms with van der Waals surface area (Å²) < 4.78 is 5.87. The van der Waals surface area contributed by atoms with Gasteiger partial charge in [-0.05, 0) is 34.1 Å². The molecule has 10 heteroatoms. The molecular formula is C18H11Br2ClN2O4S. The van der Waals surface area contributed by atoms with E-state index in [1.54, 1.807) is 17.5 Å². The molecule has 2 aromatic carbocycles. The van der Waals surface area contributed by atoms with E-state index in [2.05, 4.69) is 42.2 Å². The van der Waals surface area contributed by atoms with Crippen LogP contribution in [-0.2, 0) is 9.53 Å². The van der Waals surface area contributed by atoms with Gasteiger partial charge < -0.3 is 9.84 Å². The summed E-state index contributed by atoms with van der Waals surface area (Å²) in [5, 5.41) is 15.2. The second kappa shape index (κ2) is 9.04. The number of hydrogen-bond donors (Lipinski definition) is 2. The van der Waals surface area contributed by atoms with E-state index in [0.29, 0.717) is 24.8 Å². The molecule has 0 aliphatic rings. The van der Waals surface area contributed by atoms with Gasteiger partial charge in [0.1, 0.15) is 11.3 Å². The minimum atomic E-state index is -0.828. The van der Waals surface area contributed by atoms with Crippen molar-refractivity contribution in [2.45, 2.75) is 0 Å². The van der Waals surface area contributed by atoms with Crippen LogP contribution in [0.4, 0.5) is 5.13 Å². The first-order chi connectivity index (χ1) is 13.3. The first-order valence-corrected chi connectivity index (χ1v) is 10.5. The Hall–Kier alpha value is -1.94. The highest BCUT2D eigenvalue weighted by atomic mass is 79.9. The lowest BCUT2D eigenvalue weighted by atomic mass is 10.2. The number of aromatic hydroxyl groups is 1. The van der Waals surface area contributed by atoms with Gasteiger partial charge in [0, 0.05) is 20.4 Å². The van der Waals surface area contributed by atoms with Crippen LogP contribution in [0.2, 0.25) is 5.02 Å². The van der Waals surface area contributed by atoms with Crippen LogP contribution in [0.15, 0.2) is 50.7 Å². The van der Waals surface area contributed by atoms with Gasteiger partial charge in [-0.25, -0.2) is 9.78 Å². The maximum absolute atomic E-state index is 12.1. The fourth-order valence-electron chi connectivity index (χ4n) is 2.21. The van der Waals surface area contributed by atoms with E-state index in [0.717, 1.165) is 5.56 Å². The molecule has 144 valence electrons. The normalized spacial score (nSPS) is 10.5. The molecule has 28 heavy (non-hydrogen) atoms. The van der Waals surface area contributed by atoms with Crippen LogP contribution in [0, 0.1) is 0 Å². The van der Waals surface area contributed by atoms with Crippen LogP contribution in [0.1, 0.15) is 10.4 Å². The topological polar surface area (TPSA) is 88.5 Å². The summed E-state index contributed by atoms with van der Waals surface area (Å²) in [6.45, 7) is -0.524. The Labute approximate surface area is 185 Å². The van der Waals surface area contributed by atoms with E-state index in [1.165, 1.54) is 17.4 Å². The van der Waals surface area contributed by atoms with Crippen molar-refractivity contribution in [1.82, 2.24) is 4.98 Å². The fourth-order valence-corrected chi connectivity index (χ4v) is 4.39. The van der Waals surface area contributed by atoms with E-state index in [-0.39, 0.29) is 11.3 Å². The molecule has 6 nitrogen and oxygen atoms in total. The van der Waals surface area contributed by atoms with Crippen LogP contribution in [0.25, 0.3) is 11.3 Å². The number of halogens is 3. The zero-order valence-electron chi connectivity index (χ0n) is 13.9. The van der Waals surface area contributed by atoms with Crippen LogP contribution < -0.4 is 5.32 Å². The number of phenolic OH excluding ortho intramolecular Hbond substituents is 1. The number of phenols is 1. The molecule has 0 saturated heterocycles. The smallest absolute Gasteiger partial charge is 0.342 e. The molecule has 0 aliphatic heterocycles. The summed E-state index contributed by atoms with van der Waals surface area (Å²) in [4.78, 5) is 28.5. The highest BCUT2D eigenvalue weighted by Gasteiger charge is 2.18. The molecule has 0 atom stereocenters. The van der Waals surface area contributed by atoms with Gasteiger partial charge in [-0.1, -0.05) is 45.7 Å². The molecule has 1 amide bonds. The first-order valence-electron chi connectivity index (χ1n) is 7.70. The Balaban J connectivity index is 1.61. The van der Waals surface area contributed by atoms with Crippen LogP contribution in [-0.4, -0.2) is 28.6 Å². The number of anilines is 1. The van der Waals surface area contributed by atoms with Crippen molar-refractivity contribution in [3.8, 4) is 17.0 Å². The van der Waals surface area contributed by atoms with Gasteiger partial charge in [-0.3, -0.25) is 10.1 Å². The summed E-state index contributed by atoms with van der Waals surface area (Å²) in [6, 6.07) is 10.2. The summed E-state index contributed by atoms with van der Waals surface area (Å²) in [6.07, 6.45) is 0. The molecule has 1 aromatic heterocycles. The molecule has 3 aromatic rings. The van der Waals surface area contributed by atoms with Crippen molar-refractivity contribution in [2.75, 3.05) is 11.9 Å². The molecule has 2 N–H and O–H groups in total. The molecule has 0 fully saturated rings. The summed E-state index contributed by atoms with van der Waals surface area (Å²) >= 11 is 13.7. The van der Waals surface area contributed by atoms with Crippen molar-refractivity contribution in [3.63, 3.8) is 0 Å². The number of aromatic nitrogens is 1. The van der Waals surface area contributed by atoms with Gasteiger partial charge in [0.15, 0.2) is 11.7 Å². The molecule has 0 spiro atoms. The second-order valence-electron chi connectivity index (χ2n) is 5.43. The zero-order chi connectivity index (χ0) is 20.3. The van der Waals surface area contributed by atoms with Crippen LogP contribution in [0.5, 0.6) is 5.75 Å². The monoisotopic (exact) mass is 544 g/mol. The largest absolute Gasteiger partial charge is 0.506 e. The number of nitrogens with zero attached hydrogens (tertiary/aromatic N) is 1. The lowest BCUT2D eigenvalue weighted by molar-refractivity contribution is -0.119. The Kier molecular flexibility index (Phi) is 6.71. The van der Waals surface area contributed by atoms with E-state index in [9.17, 15) is 14.7 Å². The Morgan fingerprint density at radius 2 is 2.00 bits per heavy atom. The highest BCUT2D eigenvalue weighted by Crippen LogP contribution is 2.32.